The predicted octanol–water partition coefficient (Wildman–Crippen LogP) is 6.57. The van der Waals surface area contributed by atoms with Gasteiger partial charge in [-0.3, -0.25) is 5.01 Å². The van der Waals surface area contributed by atoms with Gasteiger partial charge in [-0.25, -0.2) is 0 Å². The molecule has 1 N–H and O–H groups in total. The smallest absolute Gasteiger partial charge is 0.127 e. The molecular weight excluding hydrogens is 436 g/mol. The molecule has 5 nitrogen and oxygen atoms in total. The van der Waals surface area contributed by atoms with E-state index in [4.69, 9.17) is 26.2 Å². The molecule has 1 heterocycles. The Morgan fingerprint density at radius 1 is 0.939 bits per heavy atom. The van der Waals surface area contributed by atoms with Crippen LogP contribution in [0.3, 0.4) is 0 Å². The number of hydrazone groups is 1. The van der Waals surface area contributed by atoms with Gasteiger partial charge in [0.05, 0.1) is 31.7 Å². The zero-order valence-corrected chi connectivity index (χ0v) is 19.1. The lowest BCUT2D eigenvalue weighted by atomic mass is 9.93. The maximum atomic E-state index is 10.8. The number of methoxy groups -OCH3 is 2. The standard InChI is InChI=1S/C27H23ClN2O3/c1-32-20-12-13-22(26(15-20)33-2)24-16-23(29-30(24)19-10-8-18(28)9-11-19)27-21-6-4-3-5-17(21)7-14-25(27)31/h3-15,24,31H,16H2,1-2H3. The molecule has 0 saturated carbocycles. The second kappa shape index (κ2) is 8.68. The zero-order valence-electron chi connectivity index (χ0n) is 18.3. The van der Waals surface area contributed by atoms with Crippen LogP contribution < -0.4 is 14.5 Å². The number of hydrogen-bond donors (Lipinski definition) is 1. The summed E-state index contributed by atoms with van der Waals surface area (Å²) in [5.41, 5.74) is 3.44. The van der Waals surface area contributed by atoms with Crippen LogP contribution in [-0.2, 0) is 0 Å². The molecule has 1 atom stereocenters. The van der Waals surface area contributed by atoms with Crippen molar-refractivity contribution in [2.75, 3.05) is 19.2 Å². The highest BCUT2D eigenvalue weighted by atomic mass is 35.5. The highest BCUT2D eigenvalue weighted by Gasteiger charge is 2.33. The molecule has 6 heteroatoms. The molecule has 0 radical (unpaired) electrons. The van der Waals surface area contributed by atoms with Crippen molar-refractivity contribution in [3.8, 4) is 17.2 Å². The van der Waals surface area contributed by atoms with Crippen LogP contribution >= 0.6 is 11.6 Å². The normalized spacial score (nSPS) is 15.5. The number of benzene rings is 4. The van der Waals surface area contributed by atoms with Crippen LogP contribution in [0.5, 0.6) is 17.2 Å². The molecular formula is C27H23ClN2O3. The first kappa shape index (κ1) is 21.2. The van der Waals surface area contributed by atoms with Crippen molar-refractivity contribution in [2.45, 2.75) is 12.5 Å². The first-order valence-electron chi connectivity index (χ1n) is 10.6. The van der Waals surface area contributed by atoms with Gasteiger partial charge in [0.2, 0.25) is 0 Å². The number of halogens is 1. The molecule has 33 heavy (non-hydrogen) atoms. The monoisotopic (exact) mass is 458 g/mol. The molecule has 0 saturated heterocycles. The first-order valence-corrected chi connectivity index (χ1v) is 11.0. The van der Waals surface area contributed by atoms with Crippen molar-refractivity contribution in [1.82, 2.24) is 0 Å². The Hall–Kier alpha value is -3.70. The average Bonchev–Trinajstić information content (AvgIpc) is 3.28. The molecule has 0 aliphatic carbocycles. The van der Waals surface area contributed by atoms with E-state index in [-0.39, 0.29) is 11.8 Å². The van der Waals surface area contributed by atoms with Crippen molar-refractivity contribution in [1.29, 1.82) is 0 Å². The summed E-state index contributed by atoms with van der Waals surface area (Å²) >= 11 is 6.14. The minimum absolute atomic E-state index is 0.139. The third kappa shape index (κ3) is 3.85. The van der Waals surface area contributed by atoms with E-state index in [1.807, 2.05) is 77.8 Å². The van der Waals surface area contributed by atoms with Gasteiger partial charge in [-0.2, -0.15) is 5.10 Å². The minimum Gasteiger partial charge on any atom is -0.507 e. The van der Waals surface area contributed by atoms with E-state index >= 15 is 0 Å². The van der Waals surface area contributed by atoms with E-state index in [1.54, 1.807) is 20.3 Å². The lowest BCUT2D eigenvalue weighted by molar-refractivity contribution is 0.388. The van der Waals surface area contributed by atoms with Gasteiger partial charge in [-0.1, -0.05) is 41.9 Å². The number of rotatable bonds is 5. The largest absolute Gasteiger partial charge is 0.507 e. The van der Waals surface area contributed by atoms with Crippen LogP contribution in [0, 0.1) is 0 Å². The van der Waals surface area contributed by atoms with Gasteiger partial charge in [0.25, 0.3) is 0 Å². The van der Waals surface area contributed by atoms with Crippen LogP contribution in [-0.4, -0.2) is 25.0 Å². The van der Waals surface area contributed by atoms with Crippen molar-refractivity contribution in [3.05, 3.63) is 95.0 Å². The third-order valence-electron chi connectivity index (χ3n) is 6.00. The molecule has 4 aromatic rings. The molecule has 0 bridgehead atoms. The maximum Gasteiger partial charge on any atom is 0.127 e. The summed E-state index contributed by atoms with van der Waals surface area (Å²) < 4.78 is 11.1. The summed E-state index contributed by atoms with van der Waals surface area (Å²) in [6.07, 6.45) is 0.590. The van der Waals surface area contributed by atoms with Crippen molar-refractivity contribution >= 4 is 33.8 Å². The van der Waals surface area contributed by atoms with Gasteiger partial charge < -0.3 is 14.6 Å². The van der Waals surface area contributed by atoms with Crippen molar-refractivity contribution in [2.24, 2.45) is 5.10 Å². The van der Waals surface area contributed by atoms with E-state index in [9.17, 15) is 5.11 Å². The number of nitrogens with zero attached hydrogens (tertiary/aromatic N) is 2. The molecule has 166 valence electrons. The van der Waals surface area contributed by atoms with E-state index < -0.39 is 0 Å². The van der Waals surface area contributed by atoms with E-state index in [1.165, 1.54) is 0 Å². The summed E-state index contributed by atoms with van der Waals surface area (Å²) in [7, 11) is 3.28. The fourth-order valence-corrected chi connectivity index (χ4v) is 4.52. The average molecular weight is 459 g/mol. The molecule has 1 aliphatic heterocycles. The summed E-state index contributed by atoms with van der Waals surface area (Å²) in [5, 5.41) is 20.5. The van der Waals surface area contributed by atoms with Crippen LogP contribution in [0.1, 0.15) is 23.6 Å². The number of hydrogen-bond acceptors (Lipinski definition) is 5. The summed E-state index contributed by atoms with van der Waals surface area (Å²) in [5.74, 6) is 1.65. The van der Waals surface area contributed by atoms with Gasteiger partial charge in [0.15, 0.2) is 0 Å². The van der Waals surface area contributed by atoms with Crippen LogP contribution in [0.25, 0.3) is 10.8 Å². The Labute approximate surface area is 197 Å². The minimum atomic E-state index is -0.139. The third-order valence-corrected chi connectivity index (χ3v) is 6.25. The summed E-state index contributed by atoms with van der Waals surface area (Å²) in [6, 6.07) is 24.9. The van der Waals surface area contributed by atoms with E-state index in [2.05, 4.69) is 0 Å². The Morgan fingerprint density at radius 3 is 2.48 bits per heavy atom. The Balaban J connectivity index is 1.66. The lowest BCUT2D eigenvalue weighted by Crippen LogP contribution is -2.19. The summed E-state index contributed by atoms with van der Waals surface area (Å²) in [4.78, 5) is 0. The molecule has 0 spiro atoms. The second-order valence-corrected chi connectivity index (χ2v) is 8.31. The Morgan fingerprint density at radius 2 is 1.73 bits per heavy atom. The molecule has 4 aromatic carbocycles. The van der Waals surface area contributed by atoms with Gasteiger partial charge in [0, 0.05) is 28.6 Å². The molecule has 0 aromatic heterocycles. The molecule has 1 unspecified atom stereocenters. The second-order valence-electron chi connectivity index (χ2n) is 7.88. The quantitative estimate of drug-likeness (QED) is 0.367. The number of phenols is 1. The Kier molecular flexibility index (Phi) is 5.56. The van der Waals surface area contributed by atoms with Crippen LogP contribution in [0.15, 0.2) is 84.0 Å². The topological polar surface area (TPSA) is 54.3 Å². The lowest BCUT2D eigenvalue weighted by Gasteiger charge is -2.25. The number of fused-ring (bicyclic) bond motifs is 1. The first-order chi connectivity index (χ1) is 16.1. The predicted molar refractivity (Wildman–Crippen MR) is 133 cm³/mol. The number of aromatic hydroxyl groups is 1. The molecule has 0 amide bonds. The maximum absolute atomic E-state index is 10.8. The fourth-order valence-electron chi connectivity index (χ4n) is 4.39. The number of phenolic OH excluding ortho intramolecular Hbond substituents is 1. The zero-order chi connectivity index (χ0) is 22.9. The van der Waals surface area contributed by atoms with Crippen molar-refractivity contribution in [3.63, 3.8) is 0 Å². The van der Waals surface area contributed by atoms with Crippen molar-refractivity contribution < 1.29 is 14.6 Å². The van der Waals surface area contributed by atoms with Crippen LogP contribution in [0.2, 0.25) is 5.02 Å². The van der Waals surface area contributed by atoms with Crippen LogP contribution in [0.4, 0.5) is 5.69 Å². The highest BCUT2D eigenvalue weighted by Crippen LogP contribution is 2.43. The number of ether oxygens (including phenoxy) is 2. The molecule has 0 fully saturated rings. The number of anilines is 1. The van der Waals surface area contributed by atoms with E-state index in [0.29, 0.717) is 11.4 Å². The van der Waals surface area contributed by atoms with Gasteiger partial charge in [-0.05, 0) is 53.2 Å². The Bertz CT molecular complexity index is 1350. The molecule has 5 rings (SSSR count). The van der Waals surface area contributed by atoms with Gasteiger partial charge in [-0.15, -0.1) is 0 Å². The van der Waals surface area contributed by atoms with Gasteiger partial charge >= 0.3 is 0 Å². The summed E-state index contributed by atoms with van der Waals surface area (Å²) in [6.45, 7) is 0. The van der Waals surface area contributed by atoms with E-state index in [0.717, 1.165) is 44.8 Å². The molecule has 1 aliphatic rings. The highest BCUT2D eigenvalue weighted by molar-refractivity contribution is 6.30. The fraction of sp³-hybridized carbons (Fsp3) is 0.148. The SMILES string of the molecule is COc1ccc(C2CC(c3c(O)ccc4ccccc34)=NN2c2ccc(Cl)cc2)c(OC)c1. The van der Waals surface area contributed by atoms with Gasteiger partial charge in [0.1, 0.15) is 17.2 Å².